The van der Waals surface area contributed by atoms with E-state index >= 15 is 0 Å². The number of nitrogens with zero attached hydrogens (tertiary/aromatic N) is 3. The molecule has 2 unspecified atom stereocenters. The van der Waals surface area contributed by atoms with Gasteiger partial charge in [0, 0.05) is 19.8 Å². The molecule has 2 atom stereocenters. The van der Waals surface area contributed by atoms with E-state index in [1.165, 1.54) is 21.4 Å². The van der Waals surface area contributed by atoms with Gasteiger partial charge < -0.3 is 5.11 Å². The first kappa shape index (κ1) is 13.5. The van der Waals surface area contributed by atoms with Crippen molar-refractivity contribution in [2.24, 2.45) is 13.0 Å². The summed E-state index contributed by atoms with van der Waals surface area (Å²) < 4.78 is 27.8. The van der Waals surface area contributed by atoms with E-state index in [0.29, 0.717) is 6.54 Å². The number of aryl methyl sites for hydroxylation is 1. The van der Waals surface area contributed by atoms with Crippen LogP contribution in [-0.2, 0) is 17.1 Å². The van der Waals surface area contributed by atoms with Crippen LogP contribution in [0.3, 0.4) is 0 Å². The van der Waals surface area contributed by atoms with Crippen LogP contribution in [-0.4, -0.2) is 46.8 Å². The molecule has 1 N–H and O–H groups in total. The smallest absolute Gasteiger partial charge is 0.246 e. The second-order valence-corrected chi connectivity index (χ2v) is 6.73. The summed E-state index contributed by atoms with van der Waals surface area (Å²) in [6.07, 6.45) is 4.62. The molecule has 0 spiro atoms. The van der Waals surface area contributed by atoms with Crippen molar-refractivity contribution in [2.45, 2.75) is 30.7 Å². The van der Waals surface area contributed by atoms with Crippen LogP contribution in [0.2, 0.25) is 0 Å². The standard InChI is InChI=1S/C11H19N3O3S/c1-9-4-3-5-14(11(9)8-15)18(16,17)10-6-12-13(2)7-10/h6-7,9,11,15H,3-5,8H2,1-2H3. The minimum absolute atomic E-state index is 0.138. The summed E-state index contributed by atoms with van der Waals surface area (Å²) in [5.74, 6) is 0.176. The number of hydrogen-bond donors (Lipinski definition) is 1. The maximum Gasteiger partial charge on any atom is 0.246 e. The third-order valence-corrected chi connectivity index (χ3v) is 5.42. The maximum absolute atomic E-state index is 12.5. The molecule has 1 saturated heterocycles. The Morgan fingerprint density at radius 3 is 2.83 bits per heavy atom. The molecule has 0 aliphatic carbocycles. The zero-order chi connectivity index (χ0) is 13.3. The van der Waals surface area contributed by atoms with E-state index in [4.69, 9.17) is 0 Å². The first-order chi connectivity index (χ1) is 8.46. The van der Waals surface area contributed by atoms with E-state index in [-0.39, 0.29) is 23.5 Å². The van der Waals surface area contributed by atoms with Crippen molar-refractivity contribution < 1.29 is 13.5 Å². The van der Waals surface area contributed by atoms with Gasteiger partial charge in [0.25, 0.3) is 0 Å². The second kappa shape index (κ2) is 4.99. The van der Waals surface area contributed by atoms with Crippen LogP contribution in [0.25, 0.3) is 0 Å². The van der Waals surface area contributed by atoms with E-state index in [0.717, 1.165) is 12.8 Å². The van der Waals surface area contributed by atoms with E-state index in [1.807, 2.05) is 6.92 Å². The molecule has 0 bridgehead atoms. The van der Waals surface area contributed by atoms with E-state index < -0.39 is 10.0 Å². The molecule has 18 heavy (non-hydrogen) atoms. The predicted molar refractivity (Wildman–Crippen MR) is 66.4 cm³/mol. The van der Waals surface area contributed by atoms with Gasteiger partial charge in [-0.2, -0.15) is 9.40 Å². The summed E-state index contributed by atoms with van der Waals surface area (Å²) in [6, 6.07) is -0.330. The summed E-state index contributed by atoms with van der Waals surface area (Å²) in [6.45, 7) is 2.30. The van der Waals surface area contributed by atoms with Gasteiger partial charge in [-0.3, -0.25) is 4.68 Å². The van der Waals surface area contributed by atoms with Crippen molar-refractivity contribution in [1.82, 2.24) is 14.1 Å². The summed E-state index contributed by atoms with van der Waals surface area (Å²) >= 11 is 0. The molecule has 1 fully saturated rings. The largest absolute Gasteiger partial charge is 0.395 e. The topological polar surface area (TPSA) is 75.4 Å². The highest BCUT2D eigenvalue weighted by atomic mass is 32.2. The second-order valence-electron chi connectivity index (χ2n) is 4.83. The Hall–Kier alpha value is -0.920. The first-order valence-corrected chi connectivity index (χ1v) is 7.52. The summed E-state index contributed by atoms with van der Waals surface area (Å²) in [5, 5.41) is 13.3. The number of aliphatic hydroxyl groups is 1. The van der Waals surface area contributed by atoms with Crippen molar-refractivity contribution in [3.8, 4) is 0 Å². The van der Waals surface area contributed by atoms with Gasteiger partial charge in [-0.05, 0) is 18.8 Å². The van der Waals surface area contributed by atoms with Crippen LogP contribution < -0.4 is 0 Å². The monoisotopic (exact) mass is 273 g/mol. The lowest BCUT2D eigenvalue weighted by molar-refractivity contribution is 0.113. The molecule has 1 aromatic rings. The molecule has 0 amide bonds. The van der Waals surface area contributed by atoms with Crippen molar-refractivity contribution in [2.75, 3.05) is 13.2 Å². The van der Waals surface area contributed by atoms with Crippen molar-refractivity contribution >= 4 is 10.0 Å². The first-order valence-electron chi connectivity index (χ1n) is 6.08. The lowest BCUT2D eigenvalue weighted by atomic mass is 9.93. The van der Waals surface area contributed by atoms with Gasteiger partial charge in [0.15, 0.2) is 0 Å². The average molecular weight is 273 g/mol. The van der Waals surface area contributed by atoms with Crippen LogP contribution in [0.1, 0.15) is 19.8 Å². The minimum atomic E-state index is -3.55. The maximum atomic E-state index is 12.5. The van der Waals surface area contributed by atoms with Gasteiger partial charge in [0.05, 0.1) is 18.8 Å². The van der Waals surface area contributed by atoms with Crippen LogP contribution in [0.15, 0.2) is 17.3 Å². The average Bonchev–Trinajstić information content (AvgIpc) is 2.76. The lowest BCUT2D eigenvalue weighted by Gasteiger charge is -2.37. The molecule has 1 aromatic heterocycles. The van der Waals surface area contributed by atoms with Crippen molar-refractivity contribution in [3.63, 3.8) is 0 Å². The normalized spacial score (nSPS) is 26.4. The fourth-order valence-electron chi connectivity index (χ4n) is 2.45. The number of aliphatic hydroxyl groups excluding tert-OH is 1. The van der Waals surface area contributed by atoms with Crippen LogP contribution in [0.5, 0.6) is 0 Å². The number of hydrogen-bond acceptors (Lipinski definition) is 4. The molecule has 1 aliphatic heterocycles. The van der Waals surface area contributed by atoms with Crippen molar-refractivity contribution in [1.29, 1.82) is 0 Å². The highest BCUT2D eigenvalue weighted by molar-refractivity contribution is 7.89. The van der Waals surface area contributed by atoms with E-state index in [2.05, 4.69) is 5.10 Å². The van der Waals surface area contributed by atoms with E-state index in [1.54, 1.807) is 7.05 Å². The molecule has 7 heteroatoms. The third kappa shape index (κ3) is 2.30. The van der Waals surface area contributed by atoms with Gasteiger partial charge in [-0.15, -0.1) is 0 Å². The fourth-order valence-corrected chi connectivity index (χ4v) is 4.19. The molecule has 1 aliphatic rings. The third-order valence-electron chi connectivity index (χ3n) is 3.54. The Bertz CT molecular complexity index is 511. The highest BCUT2D eigenvalue weighted by Crippen LogP contribution is 2.28. The Kier molecular flexibility index (Phi) is 3.74. The van der Waals surface area contributed by atoms with Crippen LogP contribution in [0.4, 0.5) is 0 Å². The van der Waals surface area contributed by atoms with Gasteiger partial charge >= 0.3 is 0 Å². The van der Waals surface area contributed by atoms with Gasteiger partial charge in [-0.1, -0.05) is 6.92 Å². The Balaban J connectivity index is 2.34. The number of piperidine rings is 1. The highest BCUT2D eigenvalue weighted by Gasteiger charge is 2.37. The van der Waals surface area contributed by atoms with Crippen molar-refractivity contribution in [3.05, 3.63) is 12.4 Å². The lowest BCUT2D eigenvalue weighted by Crippen LogP contribution is -2.49. The fraction of sp³-hybridized carbons (Fsp3) is 0.727. The zero-order valence-electron chi connectivity index (χ0n) is 10.7. The van der Waals surface area contributed by atoms with Crippen LogP contribution >= 0.6 is 0 Å². The number of aromatic nitrogens is 2. The minimum Gasteiger partial charge on any atom is -0.395 e. The predicted octanol–water partition coefficient (Wildman–Crippen LogP) is 0.202. The summed E-state index contributed by atoms with van der Waals surface area (Å²) in [5.41, 5.74) is 0. The molecule has 2 rings (SSSR count). The number of rotatable bonds is 3. The zero-order valence-corrected chi connectivity index (χ0v) is 11.5. The van der Waals surface area contributed by atoms with Gasteiger partial charge in [0.1, 0.15) is 4.90 Å². The molecule has 0 saturated carbocycles. The molecule has 0 radical (unpaired) electrons. The van der Waals surface area contributed by atoms with E-state index in [9.17, 15) is 13.5 Å². The molecule has 102 valence electrons. The van der Waals surface area contributed by atoms with Gasteiger partial charge in [0.2, 0.25) is 10.0 Å². The Labute approximate surface area is 107 Å². The Morgan fingerprint density at radius 2 is 2.28 bits per heavy atom. The molecule has 2 heterocycles. The quantitative estimate of drug-likeness (QED) is 0.853. The molecule has 6 nitrogen and oxygen atoms in total. The van der Waals surface area contributed by atoms with Crippen LogP contribution in [0, 0.1) is 5.92 Å². The molecule has 0 aromatic carbocycles. The molecular weight excluding hydrogens is 254 g/mol. The van der Waals surface area contributed by atoms with Gasteiger partial charge in [-0.25, -0.2) is 8.42 Å². The number of sulfonamides is 1. The SMILES string of the molecule is CC1CCCN(S(=O)(=O)c2cnn(C)c2)C1CO. The molecular formula is C11H19N3O3S. The Morgan fingerprint density at radius 1 is 1.56 bits per heavy atom. The summed E-state index contributed by atoms with van der Waals surface area (Å²) in [7, 11) is -1.86. The summed E-state index contributed by atoms with van der Waals surface area (Å²) in [4.78, 5) is 0.192.